The number of carbonyl (C=O) groups excluding carboxylic acids is 3. The van der Waals surface area contributed by atoms with Gasteiger partial charge in [-0.15, -0.1) is 0 Å². The summed E-state index contributed by atoms with van der Waals surface area (Å²) in [5.41, 5.74) is 2.49. The largest absolute Gasteiger partial charge is 0.374 e. The summed E-state index contributed by atoms with van der Waals surface area (Å²) in [5.74, 6) is -2.23. The van der Waals surface area contributed by atoms with Gasteiger partial charge in [-0.2, -0.15) is 0 Å². The molecule has 8 nitrogen and oxygen atoms in total. The lowest BCUT2D eigenvalue weighted by atomic mass is 9.95. The maximum atomic E-state index is 12.5. The second kappa shape index (κ2) is 11.6. The van der Waals surface area contributed by atoms with Crippen LogP contribution in [-0.2, 0) is 19.1 Å². The van der Waals surface area contributed by atoms with Crippen LogP contribution in [0.1, 0.15) is 38.5 Å². The Morgan fingerprint density at radius 1 is 1.32 bits per heavy atom. The minimum Gasteiger partial charge on any atom is -0.374 e. The van der Waals surface area contributed by atoms with Gasteiger partial charge in [0, 0.05) is 31.9 Å². The van der Waals surface area contributed by atoms with Gasteiger partial charge < -0.3 is 15.4 Å². The van der Waals surface area contributed by atoms with Crippen molar-refractivity contribution in [2.24, 2.45) is 5.92 Å². The molecular formula is C19H28FN3O5. The minimum atomic E-state index is -0.832. The molecule has 3 aliphatic rings. The quantitative estimate of drug-likeness (QED) is 0.313. The highest BCUT2D eigenvalue weighted by atomic mass is 19.1. The second-order valence-electron chi connectivity index (χ2n) is 6.96. The molecule has 2 bridgehead atoms. The lowest BCUT2D eigenvalue weighted by Crippen LogP contribution is -2.48. The van der Waals surface area contributed by atoms with Crippen LogP contribution in [-0.4, -0.2) is 54.9 Å². The summed E-state index contributed by atoms with van der Waals surface area (Å²) < 4.78 is 18.0. The van der Waals surface area contributed by atoms with Crippen LogP contribution in [0.3, 0.4) is 0 Å². The number of amides is 3. The Morgan fingerprint density at radius 3 is 2.82 bits per heavy atom. The van der Waals surface area contributed by atoms with Crippen LogP contribution in [0.4, 0.5) is 4.39 Å². The van der Waals surface area contributed by atoms with E-state index in [9.17, 15) is 18.8 Å². The second-order valence-corrected chi connectivity index (χ2v) is 6.96. The van der Waals surface area contributed by atoms with Crippen molar-refractivity contribution in [2.75, 3.05) is 19.8 Å². The van der Waals surface area contributed by atoms with E-state index in [-0.39, 0.29) is 31.9 Å². The third-order valence-electron chi connectivity index (χ3n) is 4.78. The molecule has 1 aliphatic carbocycles. The summed E-state index contributed by atoms with van der Waals surface area (Å²) >= 11 is 0. The van der Waals surface area contributed by atoms with Gasteiger partial charge in [0.2, 0.25) is 17.7 Å². The normalized spacial score (nSPS) is 26.0. The summed E-state index contributed by atoms with van der Waals surface area (Å²) in [7, 11) is 0. The van der Waals surface area contributed by atoms with Crippen molar-refractivity contribution in [3.05, 3.63) is 23.8 Å². The van der Waals surface area contributed by atoms with Gasteiger partial charge in [0.25, 0.3) is 0 Å². The number of hydrogen-bond donors (Lipinski definition) is 4. The predicted octanol–water partition coefficient (Wildman–Crippen LogP) is 0.914. The SMILES string of the molecule is O=C1C[C@@H](C(=O)NO)CCCOC2C=CC(=CC2)C[C@@H](C(=O)NCCCF)N1. The van der Waals surface area contributed by atoms with Crippen LogP contribution < -0.4 is 16.1 Å². The molecule has 0 aromatic rings. The fourth-order valence-corrected chi connectivity index (χ4v) is 3.23. The van der Waals surface area contributed by atoms with E-state index >= 15 is 0 Å². The molecule has 2 heterocycles. The molecule has 2 aliphatic heterocycles. The van der Waals surface area contributed by atoms with Crippen LogP contribution in [0.2, 0.25) is 0 Å². The van der Waals surface area contributed by atoms with E-state index in [2.05, 4.69) is 10.6 Å². The predicted molar refractivity (Wildman–Crippen MR) is 99.0 cm³/mol. The number of hydrogen-bond acceptors (Lipinski definition) is 5. The highest BCUT2D eigenvalue weighted by Crippen LogP contribution is 2.20. The van der Waals surface area contributed by atoms with E-state index < -0.39 is 36.4 Å². The van der Waals surface area contributed by atoms with Crippen LogP contribution in [0.25, 0.3) is 0 Å². The number of hydroxylamine groups is 1. The maximum absolute atomic E-state index is 12.5. The molecule has 1 unspecified atom stereocenters. The topological polar surface area (TPSA) is 117 Å². The third kappa shape index (κ3) is 7.05. The van der Waals surface area contributed by atoms with Gasteiger partial charge in [-0.05, 0) is 31.3 Å². The number of rotatable bonds is 5. The fourth-order valence-electron chi connectivity index (χ4n) is 3.23. The van der Waals surface area contributed by atoms with Crippen LogP contribution in [0, 0.1) is 5.92 Å². The van der Waals surface area contributed by atoms with Gasteiger partial charge in [0.15, 0.2) is 0 Å². The van der Waals surface area contributed by atoms with Gasteiger partial charge in [-0.3, -0.25) is 24.0 Å². The first-order valence-corrected chi connectivity index (χ1v) is 9.59. The first-order chi connectivity index (χ1) is 13.5. The molecule has 0 aromatic heterocycles. The minimum absolute atomic E-state index is 0.0665. The molecular weight excluding hydrogens is 369 g/mol. The average molecular weight is 397 g/mol. The number of nitrogens with one attached hydrogen (secondary N) is 3. The van der Waals surface area contributed by atoms with Gasteiger partial charge in [-0.1, -0.05) is 18.2 Å². The molecule has 0 fully saturated rings. The molecule has 9 heteroatoms. The highest BCUT2D eigenvalue weighted by molar-refractivity contribution is 5.90. The van der Waals surface area contributed by atoms with Crippen LogP contribution in [0.15, 0.2) is 23.8 Å². The van der Waals surface area contributed by atoms with Gasteiger partial charge >= 0.3 is 0 Å². The van der Waals surface area contributed by atoms with E-state index in [0.29, 0.717) is 25.9 Å². The Bertz CT molecular complexity index is 623. The molecule has 0 aromatic carbocycles. The van der Waals surface area contributed by atoms with E-state index in [1.807, 2.05) is 18.2 Å². The Labute approximate surface area is 163 Å². The number of ether oxygens (including phenoxy) is 1. The molecule has 0 radical (unpaired) electrons. The lowest BCUT2D eigenvalue weighted by molar-refractivity contribution is -0.137. The first kappa shape index (κ1) is 22.0. The Hall–Kier alpha value is -2.26. The molecule has 3 atom stereocenters. The zero-order valence-electron chi connectivity index (χ0n) is 15.8. The molecule has 0 saturated carbocycles. The molecule has 156 valence electrons. The van der Waals surface area contributed by atoms with Gasteiger partial charge in [-0.25, -0.2) is 5.48 Å². The number of halogens is 1. The van der Waals surface area contributed by atoms with Crippen molar-refractivity contribution < 1.29 is 28.7 Å². The number of fused-ring (bicyclic) bond motifs is 10. The molecule has 0 spiro atoms. The molecule has 0 saturated heterocycles. The maximum Gasteiger partial charge on any atom is 0.246 e. The van der Waals surface area contributed by atoms with Gasteiger partial charge in [0.1, 0.15) is 6.04 Å². The van der Waals surface area contributed by atoms with Crippen molar-refractivity contribution in [1.29, 1.82) is 0 Å². The molecule has 28 heavy (non-hydrogen) atoms. The Balaban J connectivity index is 2.13. The van der Waals surface area contributed by atoms with E-state index in [1.54, 1.807) is 5.48 Å². The van der Waals surface area contributed by atoms with Crippen molar-refractivity contribution in [3.8, 4) is 0 Å². The number of carbonyl (C=O) groups is 3. The number of allylic oxidation sites excluding steroid dienone is 1. The summed E-state index contributed by atoms with van der Waals surface area (Å²) in [6, 6.07) is -0.832. The van der Waals surface area contributed by atoms with Crippen LogP contribution >= 0.6 is 0 Å². The average Bonchev–Trinajstić information content (AvgIpc) is 2.70. The smallest absolute Gasteiger partial charge is 0.246 e. The molecule has 4 N–H and O–H groups in total. The standard InChI is InChI=1S/C19H28FN3O5/c20-8-2-9-21-19(26)16-11-13-4-6-15(7-5-13)28-10-1-3-14(18(25)23-27)12-17(24)22-16/h4-6,14-16,27H,1-3,7-12H2,(H,21,26)(H,22,24)(H,23,25)/t14-,15?,16-/m0/s1. The van der Waals surface area contributed by atoms with Crippen LogP contribution in [0.5, 0.6) is 0 Å². The molecule has 3 amide bonds. The molecule has 3 rings (SSSR count). The van der Waals surface area contributed by atoms with E-state index in [1.165, 1.54) is 0 Å². The van der Waals surface area contributed by atoms with Crippen molar-refractivity contribution >= 4 is 17.7 Å². The highest BCUT2D eigenvalue weighted by Gasteiger charge is 2.27. The van der Waals surface area contributed by atoms with Gasteiger partial charge in [0.05, 0.1) is 12.8 Å². The van der Waals surface area contributed by atoms with E-state index in [0.717, 1.165) is 5.57 Å². The van der Waals surface area contributed by atoms with Crippen molar-refractivity contribution in [1.82, 2.24) is 16.1 Å². The third-order valence-corrected chi connectivity index (χ3v) is 4.78. The monoisotopic (exact) mass is 397 g/mol. The lowest BCUT2D eigenvalue weighted by Gasteiger charge is -2.24. The summed E-state index contributed by atoms with van der Waals surface area (Å²) in [6.07, 6.45) is 7.63. The van der Waals surface area contributed by atoms with Crippen molar-refractivity contribution in [2.45, 2.75) is 50.7 Å². The zero-order chi connectivity index (χ0) is 20.4. The zero-order valence-corrected chi connectivity index (χ0v) is 15.8. The number of alkyl halides is 1. The summed E-state index contributed by atoms with van der Waals surface area (Å²) in [6.45, 7) is 0.0845. The Kier molecular flexibility index (Phi) is 9.09. The van der Waals surface area contributed by atoms with E-state index in [4.69, 9.17) is 9.94 Å². The Morgan fingerprint density at radius 2 is 2.14 bits per heavy atom. The first-order valence-electron chi connectivity index (χ1n) is 9.59. The summed E-state index contributed by atoms with van der Waals surface area (Å²) in [4.78, 5) is 36.8. The fraction of sp³-hybridized carbons (Fsp3) is 0.632. The summed E-state index contributed by atoms with van der Waals surface area (Å²) in [5, 5.41) is 14.2. The van der Waals surface area contributed by atoms with Crippen molar-refractivity contribution in [3.63, 3.8) is 0 Å².